The second-order valence-corrected chi connectivity index (χ2v) is 6.98. The number of aromatic nitrogens is 3. The van der Waals surface area contributed by atoms with Gasteiger partial charge in [0.2, 0.25) is 5.89 Å². The largest absolute Gasteiger partial charge is 0.476 e. The van der Waals surface area contributed by atoms with Crippen LogP contribution in [0.3, 0.4) is 0 Å². The van der Waals surface area contributed by atoms with Crippen molar-refractivity contribution in [3.63, 3.8) is 0 Å². The van der Waals surface area contributed by atoms with Gasteiger partial charge < -0.3 is 14.4 Å². The van der Waals surface area contributed by atoms with E-state index in [1.54, 1.807) is 4.90 Å². The van der Waals surface area contributed by atoms with Gasteiger partial charge >= 0.3 is 5.97 Å². The van der Waals surface area contributed by atoms with Crippen LogP contribution in [0.5, 0.6) is 0 Å². The molecule has 8 heteroatoms. The summed E-state index contributed by atoms with van der Waals surface area (Å²) >= 11 is 0. The molecular formula is C17H20N4O4. The van der Waals surface area contributed by atoms with Crippen molar-refractivity contribution in [3.05, 3.63) is 35.3 Å². The van der Waals surface area contributed by atoms with Crippen LogP contribution in [0.4, 0.5) is 0 Å². The fourth-order valence-corrected chi connectivity index (χ4v) is 3.32. The van der Waals surface area contributed by atoms with Crippen LogP contribution in [0.25, 0.3) is 0 Å². The fourth-order valence-electron chi connectivity index (χ4n) is 3.32. The molecule has 1 saturated carbocycles. The normalized spacial score (nSPS) is 18.9. The summed E-state index contributed by atoms with van der Waals surface area (Å²) in [5.41, 5.74) is 1.35. The molecule has 2 aromatic heterocycles. The molecule has 0 aromatic carbocycles. The minimum atomic E-state index is -1.12. The van der Waals surface area contributed by atoms with Crippen LogP contribution in [-0.2, 0) is 0 Å². The van der Waals surface area contributed by atoms with Gasteiger partial charge in [0.25, 0.3) is 5.91 Å². The molecule has 3 heterocycles. The Morgan fingerprint density at radius 2 is 2.04 bits per heavy atom. The van der Waals surface area contributed by atoms with E-state index in [-0.39, 0.29) is 17.5 Å². The summed E-state index contributed by atoms with van der Waals surface area (Å²) in [7, 11) is 0. The summed E-state index contributed by atoms with van der Waals surface area (Å²) in [6.07, 6.45) is 3.59. The number of nitrogens with zero attached hydrogens (tertiary/aromatic N) is 4. The third kappa shape index (κ3) is 2.81. The highest BCUT2D eigenvalue weighted by molar-refractivity contribution is 5.93. The molecule has 8 nitrogen and oxygen atoms in total. The Morgan fingerprint density at radius 3 is 2.64 bits per heavy atom. The van der Waals surface area contributed by atoms with Crippen LogP contribution in [-0.4, -0.2) is 49.7 Å². The summed E-state index contributed by atoms with van der Waals surface area (Å²) in [5.74, 6) is -0.251. The van der Waals surface area contributed by atoms with E-state index in [4.69, 9.17) is 9.52 Å². The van der Waals surface area contributed by atoms with Crippen LogP contribution in [0.15, 0.2) is 16.7 Å². The molecule has 1 atom stereocenters. The Balaban J connectivity index is 1.41. The smallest absolute Gasteiger partial charge is 0.357 e. The van der Waals surface area contributed by atoms with E-state index in [2.05, 4.69) is 17.0 Å². The van der Waals surface area contributed by atoms with E-state index < -0.39 is 5.97 Å². The van der Waals surface area contributed by atoms with Gasteiger partial charge in [-0.3, -0.25) is 9.48 Å². The summed E-state index contributed by atoms with van der Waals surface area (Å²) < 4.78 is 7.16. The van der Waals surface area contributed by atoms with Crippen molar-refractivity contribution in [3.8, 4) is 0 Å². The SMILES string of the molecule is Cc1cc(C(=O)N2CC(c3nc(C(=O)O)co3)C2)nn1C(C)C1CC1. The summed E-state index contributed by atoms with van der Waals surface area (Å²) in [4.78, 5) is 29.1. The molecule has 2 aromatic rings. The number of hydrogen-bond acceptors (Lipinski definition) is 5. The average molecular weight is 344 g/mol. The molecule has 1 aliphatic heterocycles. The topological polar surface area (TPSA) is 101 Å². The average Bonchev–Trinajstić information content (AvgIpc) is 3.13. The number of rotatable bonds is 5. The van der Waals surface area contributed by atoms with Gasteiger partial charge in [0.1, 0.15) is 6.26 Å². The lowest BCUT2D eigenvalue weighted by Crippen LogP contribution is -2.48. The van der Waals surface area contributed by atoms with Crippen LogP contribution < -0.4 is 0 Å². The minimum absolute atomic E-state index is 0.0642. The van der Waals surface area contributed by atoms with Gasteiger partial charge in [0, 0.05) is 18.8 Å². The lowest BCUT2D eigenvalue weighted by molar-refractivity contribution is 0.0567. The summed E-state index contributed by atoms with van der Waals surface area (Å²) in [5, 5.41) is 13.4. The lowest BCUT2D eigenvalue weighted by Gasteiger charge is -2.36. The maximum absolute atomic E-state index is 12.6. The van der Waals surface area contributed by atoms with E-state index in [1.165, 1.54) is 12.8 Å². The van der Waals surface area contributed by atoms with Gasteiger partial charge in [-0.15, -0.1) is 0 Å². The van der Waals surface area contributed by atoms with Crippen molar-refractivity contribution in [2.24, 2.45) is 5.92 Å². The van der Waals surface area contributed by atoms with Crippen molar-refractivity contribution < 1.29 is 19.1 Å². The molecule has 1 amide bonds. The zero-order valence-electron chi connectivity index (χ0n) is 14.2. The Bertz CT molecular complexity index is 830. The second kappa shape index (κ2) is 5.72. The molecule has 0 spiro atoms. The molecule has 1 aliphatic carbocycles. The molecule has 1 N–H and O–H groups in total. The number of aryl methyl sites for hydroxylation is 1. The molecule has 2 fully saturated rings. The third-order valence-corrected chi connectivity index (χ3v) is 5.09. The highest BCUT2D eigenvalue weighted by Crippen LogP contribution is 2.39. The van der Waals surface area contributed by atoms with Crippen LogP contribution in [0.1, 0.15) is 64.3 Å². The first-order valence-electron chi connectivity index (χ1n) is 8.48. The highest BCUT2D eigenvalue weighted by Gasteiger charge is 2.37. The first kappa shape index (κ1) is 15.9. The van der Waals surface area contributed by atoms with Crippen molar-refractivity contribution >= 4 is 11.9 Å². The van der Waals surface area contributed by atoms with Gasteiger partial charge in [0.05, 0.1) is 12.0 Å². The van der Waals surface area contributed by atoms with Crippen LogP contribution in [0, 0.1) is 12.8 Å². The standard InChI is InChI=1S/C17H20N4O4/c1-9-5-13(19-21(9)10(2)11-3-4-11)16(22)20-6-12(7-20)15-18-14(8-25-15)17(23)24/h5,8,10-12H,3-4,6-7H2,1-2H3,(H,23,24). The maximum atomic E-state index is 12.6. The van der Waals surface area contributed by atoms with E-state index >= 15 is 0 Å². The molecule has 0 radical (unpaired) electrons. The van der Waals surface area contributed by atoms with E-state index in [0.29, 0.717) is 36.6 Å². The zero-order valence-corrected chi connectivity index (χ0v) is 14.2. The summed E-state index contributed by atoms with van der Waals surface area (Å²) in [6.45, 7) is 5.04. The van der Waals surface area contributed by atoms with Crippen LogP contribution >= 0.6 is 0 Å². The van der Waals surface area contributed by atoms with Gasteiger partial charge in [0.15, 0.2) is 11.4 Å². The molecule has 25 heavy (non-hydrogen) atoms. The number of likely N-dealkylation sites (tertiary alicyclic amines) is 1. The highest BCUT2D eigenvalue weighted by atomic mass is 16.4. The first-order valence-corrected chi connectivity index (χ1v) is 8.48. The van der Waals surface area contributed by atoms with Gasteiger partial charge in [-0.25, -0.2) is 9.78 Å². The molecule has 2 aliphatic rings. The number of carboxylic acids is 1. The molecule has 1 saturated heterocycles. The number of aromatic carboxylic acids is 1. The lowest BCUT2D eigenvalue weighted by atomic mass is 9.99. The monoisotopic (exact) mass is 344 g/mol. The quantitative estimate of drug-likeness (QED) is 0.891. The van der Waals surface area contributed by atoms with Crippen molar-refractivity contribution in [1.82, 2.24) is 19.7 Å². The third-order valence-electron chi connectivity index (χ3n) is 5.09. The van der Waals surface area contributed by atoms with Gasteiger partial charge in [-0.2, -0.15) is 5.10 Å². The second-order valence-electron chi connectivity index (χ2n) is 6.98. The van der Waals surface area contributed by atoms with Gasteiger partial charge in [-0.05, 0) is 38.7 Å². The molecule has 4 rings (SSSR count). The number of carbonyl (C=O) groups is 2. The van der Waals surface area contributed by atoms with E-state index in [9.17, 15) is 9.59 Å². The predicted octanol–water partition coefficient (Wildman–Crippen LogP) is 2.09. The molecule has 1 unspecified atom stereocenters. The first-order chi connectivity index (χ1) is 11.9. The maximum Gasteiger partial charge on any atom is 0.357 e. The molecular weight excluding hydrogens is 324 g/mol. The minimum Gasteiger partial charge on any atom is -0.476 e. The van der Waals surface area contributed by atoms with Crippen molar-refractivity contribution in [2.45, 2.75) is 38.6 Å². The Kier molecular flexibility index (Phi) is 3.63. The Labute approximate surface area is 144 Å². The summed E-state index contributed by atoms with van der Waals surface area (Å²) in [6, 6.07) is 2.16. The van der Waals surface area contributed by atoms with Crippen molar-refractivity contribution in [2.75, 3.05) is 13.1 Å². The zero-order chi connectivity index (χ0) is 17.7. The Hall–Kier alpha value is -2.64. The van der Waals surface area contributed by atoms with Crippen molar-refractivity contribution in [1.29, 1.82) is 0 Å². The number of hydrogen-bond donors (Lipinski definition) is 1. The number of carboxylic acid groups (broad SMARTS) is 1. The van der Waals surface area contributed by atoms with E-state index in [1.807, 2.05) is 17.7 Å². The number of carbonyl (C=O) groups excluding carboxylic acids is 1. The van der Waals surface area contributed by atoms with E-state index in [0.717, 1.165) is 12.0 Å². The number of amides is 1. The molecule has 0 bridgehead atoms. The molecule has 132 valence electrons. The number of oxazole rings is 1. The predicted molar refractivity (Wildman–Crippen MR) is 86.5 cm³/mol. The Morgan fingerprint density at radius 1 is 1.32 bits per heavy atom. The fraction of sp³-hybridized carbons (Fsp3) is 0.529. The van der Waals surface area contributed by atoms with Gasteiger partial charge in [-0.1, -0.05) is 0 Å². The van der Waals surface area contributed by atoms with Crippen LogP contribution in [0.2, 0.25) is 0 Å².